The SMILES string of the molecule is Cc1cc(C(C)(C)C)ccc1OCCOCCN1CCC(C)CC1.O=C(O)C(=O)O. The lowest BCUT2D eigenvalue weighted by atomic mass is 9.86. The molecule has 0 atom stereocenters. The molecule has 0 bridgehead atoms. The first-order valence-corrected chi connectivity index (χ1v) is 10.5. The van der Waals surface area contributed by atoms with Gasteiger partial charge in [-0.3, -0.25) is 0 Å². The molecule has 0 saturated carbocycles. The number of aliphatic carboxylic acids is 2. The maximum absolute atomic E-state index is 9.10. The summed E-state index contributed by atoms with van der Waals surface area (Å²) in [6, 6.07) is 6.49. The van der Waals surface area contributed by atoms with E-state index in [1.165, 1.54) is 37.1 Å². The van der Waals surface area contributed by atoms with E-state index in [9.17, 15) is 0 Å². The van der Waals surface area contributed by atoms with Gasteiger partial charge >= 0.3 is 11.9 Å². The third-order valence-electron chi connectivity index (χ3n) is 5.14. The minimum absolute atomic E-state index is 0.179. The number of hydrogen-bond donors (Lipinski definition) is 2. The lowest BCUT2D eigenvalue weighted by molar-refractivity contribution is -0.159. The summed E-state index contributed by atoms with van der Waals surface area (Å²) in [6.07, 6.45) is 2.65. The Hall–Kier alpha value is -2.12. The van der Waals surface area contributed by atoms with Gasteiger partial charge in [-0.15, -0.1) is 0 Å². The molecule has 2 N–H and O–H groups in total. The predicted molar refractivity (Wildman–Crippen MR) is 116 cm³/mol. The molecule has 30 heavy (non-hydrogen) atoms. The smallest absolute Gasteiger partial charge is 0.414 e. The Bertz CT molecular complexity index is 663. The Labute approximate surface area is 180 Å². The number of nitrogens with zero attached hydrogens (tertiary/aromatic N) is 1. The van der Waals surface area contributed by atoms with Gasteiger partial charge in [0.2, 0.25) is 0 Å². The number of carboxylic acid groups (broad SMARTS) is 2. The second-order valence-corrected chi connectivity index (χ2v) is 8.83. The molecule has 0 radical (unpaired) electrons. The Morgan fingerprint density at radius 3 is 2.17 bits per heavy atom. The number of rotatable bonds is 7. The summed E-state index contributed by atoms with van der Waals surface area (Å²) < 4.78 is 11.6. The van der Waals surface area contributed by atoms with E-state index in [-0.39, 0.29) is 5.41 Å². The van der Waals surface area contributed by atoms with Crippen molar-refractivity contribution in [3.63, 3.8) is 0 Å². The highest BCUT2D eigenvalue weighted by Gasteiger charge is 2.16. The van der Waals surface area contributed by atoms with E-state index in [2.05, 4.69) is 57.7 Å². The van der Waals surface area contributed by atoms with Crippen molar-refractivity contribution < 1.29 is 29.3 Å². The fraction of sp³-hybridized carbons (Fsp3) is 0.652. The molecular formula is C23H37NO6. The zero-order valence-corrected chi connectivity index (χ0v) is 18.9. The second-order valence-electron chi connectivity index (χ2n) is 8.83. The third-order valence-corrected chi connectivity index (χ3v) is 5.14. The maximum atomic E-state index is 9.10. The summed E-state index contributed by atoms with van der Waals surface area (Å²) in [6.45, 7) is 16.7. The topological polar surface area (TPSA) is 96.3 Å². The molecule has 1 aromatic carbocycles. The molecule has 170 valence electrons. The van der Waals surface area contributed by atoms with E-state index in [4.69, 9.17) is 29.3 Å². The van der Waals surface area contributed by atoms with Gasteiger partial charge in [0.1, 0.15) is 12.4 Å². The molecule has 2 rings (SSSR count). The first kappa shape index (κ1) is 25.9. The van der Waals surface area contributed by atoms with Crippen LogP contribution in [0.15, 0.2) is 18.2 Å². The van der Waals surface area contributed by atoms with Crippen LogP contribution in [-0.4, -0.2) is 66.5 Å². The van der Waals surface area contributed by atoms with Crippen molar-refractivity contribution in [3.05, 3.63) is 29.3 Å². The molecule has 7 nitrogen and oxygen atoms in total. The highest BCUT2D eigenvalue weighted by molar-refractivity contribution is 6.27. The number of hydrogen-bond acceptors (Lipinski definition) is 5. The maximum Gasteiger partial charge on any atom is 0.414 e. The average Bonchev–Trinajstić information content (AvgIpc) is 2.66. The Kier molecular flexibility index (Phi) is 10.8. The van der Waals surface area contributed by atoms with Crippen LogP contribution in [0, 0.1) is 12.8 Å². The van der Waals surface area contributed by atoms with Gasteiger partial charge in [-0.25, -0.2) is 9.59 Å². The number of carbonyl (C=O) groups is 2. The van der Waals surface area contributed by atoms with Crippen LogP contribution in [0.5, 0.6) is 5.75 Å². The molecule has 1 heterocycles. The molecule has 0 amide bonds. The Morgan fingerprint density at radius 2 is 1.67 bits per heavy atom. The minimum atomic E-state index is -1.82. The summed E-state index contributed by atoms with van der Waals surface area (Å²) in [4.78, 5) is 20.7. The largest absolute Gasteiger partial charge is 0.491 e. The monoisotopic (exact) mass is 423 g/mol. The van der Waals surface area contributed by atoms with Crippen molar-refractivity contribution in [2.45, 2.75) is 52.9 Å². The molecule has 7 heteroatoms. The molecule has 0 spiro atoms. The molecule has 0 aromatic heterocycles. The molecule has 1 aromatic rings. The van der Waals surface area contributed by atoms with Gasteiger partial charge in [0.15, 0.2) is 0 Å². The van der Waals surface area contributed by atoms with E-state index in [1.807, 2.05) is 0 Å². The van der Waals surface area contributed by atoms with Crippen molar-refractivity contribution in [2.24, 2.45) is 5.92 Å². The summed E-state index contributed by atoms with van der Waals surface area (Å²) in [5, 5.41) is 14.8. The van der Waals surface area contributed by atoms with Crippen LogP contribution in [-0.2, 0) is 19.7 Å². The van der Waals surface area contributed by atoms with Gasteiger partial charge < -0.3 is 24.6 Å². The highest BCUT2D eigenvalue weighted by atomic mass is 16.5. The zero-order valence-electron chi connectivity index (χ0n) is 18.9. The third kappa shape index (κ3) is 10.1. The number of likely N-dealkylation sites (tertiary alicyclic amines) is 1. The van der Waals surface area contributed by atoms with Crippen LogP contribution in [0.25, 0.3) is 0 Å². The molecule has 1 aliphatic rings. The first-order valence-electron chi connectivity index (χ1n) is 10.5. The van der Waals surface area contributed by atoms with Crippen LogP contribution in [0.3, 0.4) is 0 Å². The van der Waals surface area contributed by atoms with Crippen molar-refractivity contribution in [1.29, 1.82) is 0 Å². The lowest BCUT2D eigenvalue weighted by Crippen LogP contribution is -2.35. The number of benzene rings is 1. The minimum Gasteiger partial charge on any atom is -0.491 e. The van der Waals surface area contributed by atoms with Crippen LogP contribution in [0.2, 0.25) is 0 Å². The van der Waals surface area contributed by atoms with Crippen LogP contribution in [0.1, 0.15) is 51.7 Å². The number of ether oxygens (including phenoxy) is 2. The van der Waals surface area contributed by atoms with E-state index >= 15 is 0 Å². The first-order chi connectivity index (χ1) is 14.0. The highest BCUT2D eigenvalue weighted by Crippen LogP contribution is 2.27. The van der Waals surface area contributed by atoms with Crippen LogP contribution >= 0.6 is 0 Å². The molecule has 1 fully saturated rings. The van der Waals surface area contributed by atoms with Gasteiger partial charge in [0, 0.05) is 6.54 Å². The fourth-order valence-electron chi connectivity index (χ4n) is 3.07. The molecule has 1 saturated heterocycles. The molecule has 1 aliphatic heterocycles. The number of piperidine rings is 1. The van der Waals surface area contributed by atoms with Crippen molar-refractivity contribution in [1.82, 2.24) is 4.90 Å². The summed E-state index contributed by atoms with van der Waals surface area (Å²) in [5.41, 5.74) is 2.72. The van der Waals surface area contributed by atoms with Gasteiger partial charge in [0.05, 0.1) is 13.2 Å². The van der Waals surface area contributed by atoms with E-state index < -0.39 is 11.9 Å². The fourth-order valence-corrected chi connectivity index (χ4v) is 3.07. The normalized spacial score (nSPS) is 15.2. The van der Waals surface area contributed by atoms with E-state index in [0.717, 1.165) is 24.8 Å². The predicted octanol–water partition coefficient (Wildman–Crippen LogP) is 3.58. The lowest BCUT2D eigenvalue weighted by Gasteiger charge is -2.29. The zero-order chi connectivity index (χ0) is 22.7. The van der Waals surface area contributed by atoms with Gasteiger partial charge in [0.25, 0.3) is 0 Å². The Morgan fingerprint density at radius 1 is 1.07 bits per heavy atom. The van der Waals surface area contributed by atoms with Gasteiger partial charge in [-0.2, -0.15) is 0 Å². The van der Waals surface area contributed by atoms with Crippen molar-refractivity contribution in [2.75, 3.05) is 39.5 Å². The number of carboxylic acids is 2. The van der Waals surface area contributed by atoms with Crippen molar-refractivity contribution >= 4 is 11.9 Å². The van der Waals surface area contributed by atoms with E-state index in [0.29, 0.717) is 13.2 Å². The van der Waals surface area contributed by atoms with Crippen LogP contribution in [0.4, 0.5) is 0 Å². The molecule has 0 unspecified atom stereocenters. The quantitative estimate of drug-likeness (QED) is 0.511. The number of aryl methyl sites for hydroxylation is 1. The second kappa shape index (κ2) is 12.5. The summed E-state index contributed by atoms with van der Waals surface area (Å²) in [5.74, 6) is -1.79. The molecule has 0 aliphatic carbocycles. The average molecular weight is 424 g/mol. The van der Waals surface area contributed by atoms with E-state index in [1.54, 1.807) is 0 Å². The standard InChI is InChI=1S/C21H35NO2.C2H2O4/c1-17-8-10-22(11-9-17)12-13-23-14-15-24-20-7-6-19(16-18(20)2)21(3,4)5;3-1(4)2(5)6/h6-7,16-17H,8-15H2,1-5H3;(H,3,4)(H,5,6). The van der Waals surface area contributed by atoms with Crippen molar-refractivity contribution in [3.8, 4) is 5.75 Å². The van der Waals surface area contributed by atoms with Gasteiger partial charge in [-0.05, 0) is 61.4 Å². The summed E-state index contributed by atoms with van der Waals surface area (Å²) in [7, 11) is 0. The van der Waals surface area contributed by atoms with Crippen LogP contribution < -0.4 is 4.74 Å². The summed E-state index contributed by atoms with van der Waals surface area (Å²) >= 11 is 0. The molecular weight excluding hydrogens is 386 g/mol. The Balaban J connectivity index is 0.000000656. The van der Waals surface area contributed by atoms with Gasteiger partial charge in [-0.1, -0.05) is 39.8 Å².